The molecule has 4 nitrogen and oxygen atoms in total. The zero-order valence-electron chi connectivity index (χ0n) is 13.3. The molecule has 0 radical (unpaired) electrons. The van der Waals surface area contributed by atoms with E-state index < -0.39 is 9.84 Å². The van der Waals surface area contributed by atoms with E-state index in [-0.39, 0.29) is 22.1 Å². The van der Waals surface area contributed by atoms with Gasteiger partial charge in [-0.2, -0.15) is 23.5 Å². The van der Waals surface area contributed by atoms with Gasteiger partial charge in [0.1, 0.15) is 5.37 Å². The molecule has 2 aliphatic heterocycles. The molecule has 2 aliphatic rings. The van der Waals surface area contributed by atoms with Crippen molar-refractivity contribution in [3.63, 3.8) is 0 Å². The molecule has 2 rings (SSSR count). The van der Waals surface area contributed by atoms with Gasteiger partial charge in [-0.3, -0.25) is 4.90 Å². The van der Waals surface area contributed by atoms with Crippen molar-refractivity contribution >= 4 is 33.4 Å². The van der Waals surface area contributed by atoms with E-state index in [0.717, 1.165) is 30.2 Å². The Morgan fingerprint density at radius 1 is 1.29 bits per heavy atom. The Morgan fingerprint density at radius 3 is 2.57 bits per heavy atom. The molecular weight excluding hydrogens is 324 g/mol. The highest BCUT2D eigenvalue weighted by Gasteiger charge is 2.49. The summed E-state index contributed by atoms with van der Waals surface area (Å²) < 4.78 is 25.0. The smallest absolute Gasteiger partial charge is 0.166 e. The molecule has 0 aromatic rings. The molecule has 2 saturated heterocycles. The minimum atomic E-state index is -3.06. The molecule has 0 spiro atoms. The fourth-order valence-electron chi connectivity index (χ4n) is 3.56. The molecule has 21 heavy (non-hydrogen) atoms. The number of nitrogens with two attached hydrogens (primary N) is 1. The summed E-state index contributed by atoms with van der Waals surface area (Å²) >= 11 is 3.68. The van der Waals surface area contributed by atoms with Gasteiger partial charge < -0.3 is 5.73 Å². The molecule has 2 unspecified atom stereocenters. The Bertz CT molecular complexity index is 467. The van der Waals surface area contributed by atoms with Crippen molar-refractivity contribution in [3.8, 4) is 0 Å². The first-order chi connectivity index (χ1) is 9.76. The monoisotopic (exact) mass is 352 g/mol. The minimum absolute atomic E-state index is 0.166. The highest BCUT2D eigenvalue weighted by molar-refractivity contribution is 8.01. The summed E-state index contributed by atoms with van der Waals surface area (Å²) in [7, 11) is -3.06. The summed E-state index contributed by atoms with van der Waals surface area (Å²) in [4.78, 5) is 2.25. The van der Waals surface area contributed by atoms with E-state index in [9.17, 15) is 8.42 Å². The van der Waals surface area contributed by atoms with Crippen LogP contribution in [0.25, 0.3) is 0 Å². The fourth-order valence-corrected chi connectivity index (χ4v) is 8.17. The van der Waals surface area contributed by atoms with Crippen LogP contribution in [0.15, 0.2) is 0 Å². The standard InChI is InChI=1S/C14H28N2O2S3/c1-4-21(17,18)12-7-19-6-5-16(12)14(9-15)8-13(2,3)10-20-11-14/h12H,4-11,15H2,1-3H3. The van der Waals surface area contributed by atoms with Gasteiger partial charge in [-0.1, -0.05) is 20.8 Å². The SMILES string of the molecule is CCS(=O)(=O)C1CSCCN1C1(CN)CSCC(C)(C)C1. The highest BCUT2D eigenvalue weighted by Crippen LogP contribution is 2.44. The van der Waals surface area contributed by atoms with Crippen molar-refractivity contribution in [2.45, 2.75) is 38.1 Å². The Balaban J connectivity index is 2.34. The second-order valence-corrected chi connectivity index (χ2v) is 11.5. The van der Waals surface area contributed by atoms with Crippen molar-refractivity contribution in [2.24, 2.45) is 11.1 Å². The molecule has 0 aromatic carbocycles. The molecule has 0 bridgehead atoms. The third-order valence-corrected chi connectivity index (χ3v) is 9.58. The molecule has 0 aromatic heterocycles. The molecule has 124 valence electrons. The Hall–Kier alpha value is 0.570. The summed E-state index contributed by atoms with van der Waals surface area (Å²) in [6.07, 6.45) is 0.990. The molecular formula is C14H28N2O2S3. The number of hydrogen-bond acceptors (Lipinski definition) is 6. The van der Waals surface area contributed by atoms with Gasteiger partial charge >= 0.3 is 0 Å². The van der Waals surface area contributed by atoms with Gasteiger partial charge in [0.05, 0.1) is 0 Å². The summed E-state index contributed by atoms with van der Waals surface area (Å²) in [5, 5.41) is -0.362. The van der Waals surface area contributed by atoms with Crippen LogP contribution in [0.5, 0.6) is 0 Å². The lowest BCUT2D eigenvalue weighted by atomic mass is 9.78. The molecule has 2 N–H and O–H groups in total. The van der Waals surface area contributed by atoms with Crippen LogP contribution in [-0.2, 0) is 9.84 Å². The van der Waals surface area contributed by atoms with Crippen LogP contribution in [0.3, 0.4) is 0 Å². The largest absolute Gasteiger partial charge is 0.329 e. The molecule has 2 fully saturated rings. The highest BCUT2D eigenvalue weighted by atomic mass is 32.2. The normalized spacial score (nSPS) is 34.8. The predicted octanol–water partition coefficient (Wildman–Crippen LogP) is 1.66. The number of rotatable bonds is 4. The molecule has 0 saturated carbocycles. The van der Waals surface area contributed by atoms with Crippen LogP contribution < -0.4 is 5.73 Å². The zero-order valence-corrected chi connectivity index (χ0v) is 15.7. The van der Waals surface area contributed by atoms with Crippen molar-refractivity contribution in [2.75, 3.05) is 41.9 Å². The molecule has 7 heteroatoms. The van der Waals surface area contributed by atoms with E-state index in [2.05, 4.69) is 18.7 Å². The first-order valence-corrected chi connectivity index (χ1v) is 11.6. The average Bonchev–Trinajstić information content (AvgIpc) is 2.46. The average molecular weight is 353 g/mol. The van der Waals surface area contributed by atoms with Gasteiger partial charge in [-0.15, -0.1) is 0 Å². The van der Waals surface area contributed by atoms with Crippen LogP contribution in [0, 0.1) is 5.41 Å². The lowest BCUT2D eigenvalue weighted by Gasteiger charge is -2.53. The summed E-state index contributed by atoms with van der Waals surface area (Å²) in [5.41, 5.74) is 6.23. The predicted molar refractivity (Wildman–Crippen MR) is 94.8 cm³/mol. The third-order valence-electron chi connectivity index (χ3n) is 4.56. The maximum absolute atomic E-state index is 12.5. The first-order valence-electron chi connectivity index (χ1n) is 7.60. The quantitative estimate of drug-likeness (QED) is 0.830. The van der Waals surface area contributed by atoms with E-state index >= 15 is 0 Å². The molecule has 2 atom stereocenters. The second kappa shape index (κ2) is 6.59. The van der Waals surface area contributed by atoms with Gasteiger partial charge in [0, 0.05) is 41.6 Å². The third kappa shape index (κ3) is 3.74. The zero-order chi connectivity index (χ0) is 15.7. The van der Waals surface area contributed by atoms with E-state index in [0.29, 0.717) is 12.3 Å². The van der Waals surface area contributed by atoms with Crippen molar-refractivity contribution in [1.82, 2.24) is 4.90 Å². The maximum Gasteiger partial charge on any atom is 0.166 e. The van der Waals surface area contributed by atoms with Crippen molar-refractivity contribution in [1.29, 1.82) is 0 Å². The van der Waals surface area contributed by atoms with Crippen LogP contribution in [0.2, 0.25) is 0 Å². The van der Waals surface area contributed by atoms with Crippen molar-refractivity contribution in [3.05, 3.63) is 0 Å². The van der Waals surface area contributed by atoms with E-state index in [1.807, 2.05) is 11.8 Å². The van der Waals surface area contributed by atoms with Gasteiger partial charge in [-0.05, 0) is 17.6 Å². The summed E-state index contributed by atoms with van der Waals surface area (Å²) in [5.74, 6) is 3.98. The topological polar surface area (TPSA) is 63.4 Å². The van der Waals surface area contributed by atoms with E-state index in [1.54, 1.807) is 18.7 Å². The van der Waals surface area contributed by atoms with Gasteiger partial charge in [0.15, 0.2) is 9.84 Å². The molecule has 0 amide bonds. The molecule has 0 aliphatic carbocycles. The molecule has 2 heterocycles. The Kier molecular flexibility index (Phi) is 5.62. The Labute approximate surface area is 137 Å². The number of hydrogen-bond donors (Lipinski definition) is 1. The van der Waals surface area contributed by atoms with Gasteiger partial charge in [0.25, 0.3) is 0 Å². The minimum Gasteiger partial charge on any atom is -0.329 e. The van der Waals surface area contributed by atoms with Crippen LogP contribution >= 0.6 is 23.5 Å². The number of nitrogens with zero attached hydrogens (tertiary/aromatic N) is 1. The van der Waals surface area contributed by atoms with Gasteiger partial charge in [0.2, 0.25) is 0 Å². The van der Waals surface area contributed by atoms with Crippen LogP contribution in [0.4, 0.5) is 0 Å². The van der Waals surface area contributed by atoms with Gasteiger partial charge in [-0.25, -0.2) is 8.42 Å². The van der Waals surface area contributed by atoms with Crippen LogP contribution in [0.1, 0.15) is 27.2 Å². The summed E-state index contributed by atoms with van der Waals surface area (Å²) in [6.45, 7) is 7.67. The fraction of sp³-hybridized carbons (Fsp3) is 1.00. The first kappa shape index (κ1) is 17.9. The number of thioether (sulfide) groups is 2. The van der Waals surface area contributed by atoms with Crippen molar-refractivity contribution < 1.29 is 8.42 Å². The Morgan fingerprint density at radius 2 is 2.00 bits per heavy atom. The lowest BCUT2D eigenvalue weighted by Crippen LogP contribution is -2.66. The van der Waals surface area contributed by atoms with E-state index in [1.165, 1.54) is 0 Å². The van der Waals surface area contributed by atoms with Crippen LogP contribution in [-0.4, -0.2) is 66.1 Å². The van der Waals surface area contributed by atoms with E-state index in [4.69, 9.17) is 5.73 Å². The summed E-state index contributed by atoms with van der Waals surface area (Å²) in [6, 6.07) is 0. The maximum atomic E-state index is 12.5. The number of sulfone groups is 1. The second-order valence-electron chi connectivity index (χ2n) is 6.94. The lowest BCUT2D eigenvalue weighted by molar-refractivity contribution is 0.0647.